The van der Waals surface area contributed by atoms with Gasteiger partial charge in [-0.2, -0.15) is 0 Å². The molecule has 2 rings (SSSR count). The number of benzene rings is 1. The van der Waals surface area contributed by atoms with Crippen LogP contribution in [0.15, 0.2) is 12.1 Å². The molecular weight excluding hydrogens is 206 g/mol. The van der Waals surface area contributed by atoms with Gasteiger partial charge in [0.25, 0.3) is 0 Å². The van der Waals surface area contributed by atoms with Gasteiger partial charge in [-0.05, 0) is 24.5 Å². The normalized spacial score (nSPS) is 14.8. The summed E-state index contributed by atoms with van der Waals surface area (Å²) in [6.45, 7) is 0. The number of hydrogen-bond donors (Lipinski definition) is 1. The lowest BCUT2D eigenvalue weighted by Gasteiger charge is -2.12. The Balaban J connectivity index is 2.44. The number of fused-ring (bicyclic) bond motifs is 1. The summed E-state index contributed by atoms with van der Waals surface area (Å²) in [6.07, 6.45) is 2.32. The smallest absolute Gasteiger partial charge is 0.224 e. The van der Waals surface area contributed by atoms with E-state index < -0.39 is 0 Å². The van der Waals surface area contributed by atoms with Crippen LogP contribution in [-0.4, -0.2) is 20.1 Å². The minimum atomic E-state index is 0.0611. The molecule has 0 spiro atoms. The molecule has 0 saturated carbocycles. The molecule has 0 saturated heterocycles. The van der Waals surface area contributed by atoms with Gasteiger partial charge in [-0.25, -0.2) is 0 Å². The Morgan fingerprint density at radius 2 is 1.81 bits per heavy atom. The fraction of sp³-hybridized carbons (Fsp3) is 0.417. The van der Waals surface area contributed by atoms with E-state index >= 15 is 0 Å². The van der Waals surface area contributed by atoms with Crippen molar-refractivity contribution in [3.8, 4) is 11.5 Å². The van der Waals surface area contributed by atoms with Gasteiger partial charge in [0, 0.05) is 18.2 Å². The van der Waals surface area contributed by atoms with Crippen molar-refractivity contribution in [2.75, 3.05) is 19.5 Å². The van der Waals surface area contributed by atoms with Crippen molar-refractivity contribution in [2.24, 2.45) is 0 Å². The molecule has 1 aliphatic rings. The zero-order valence-electron chi connectivity index (χ0n) is 9.50. The summed E-state index contributed by atoms with van der Waals surface area (Å²) in [7, 11) is 3.20. The van der Waals surface area contributed by atoms with Gasteiger partial charge < -0.3 is 14.8 Å². The number of methoxy groups -OCH3 is 2. The molecule has 1 aliphatic heterocycles. The Labute approximate surface area is 94.6 Å². The summed E-state index contributed by atoms with van der Waals surface area (Å²) in [5, 5.41) is 2.87. The highest BCUT2D eigenvalue weighted by atomic mass is 16.5. The van der Waals surface area contributed by atoms with E-state index in [2.05, 4.69) is 5.32 Å². The lowest BCUT2D eigenvalue weighted by Crippen LogP contribution is -2.09. The van der Waals surface area contributed by atoms with Crippen molar-refractivity contribution in [3.05, 3.63) is 17.7 Å². The van der Waals surface area contributed by atoms with Gasteiger partial charge in [-0.15, -0.1) is 0 Å². The predicted octanol–water partition coefficient (Wildman–Crippen LogP) is 1.98. The van der Waals surface area contributed by atoms with Crippen molar-refractivity contribution in [1.82, 2.24) is 0 Å². The topological polar surface area (TPSA) is 47.6 Å². The van der Waals surface area contributed by atoms with Crippen LogP contribution in [0.4, 0.5) is 5.69 Å². The number of aryl methyl sites for hydroxylation is 1. The highest BCUT2D eigenvalue weighted by Gasteiger charge is 2.16. The minimum absolute atomic E-state index is 0.0611. The average molecular weight is 221 g/mol. The second-order valence-electron chi connectivity index (χ2n) is 3.77. The number of hydrogen-bond acceptors (Lipinski definition) is 3. The van der Waals surface area contributed by atoms with Crippen molar-refractivity contribution >= 4 is 11.6 Å². The Hall–Kier alpha value is -1.71. The third-order valence-electron chi connectivity index (χ3n) is 2.73. The number of amides is 1. The van der Waals surface area contributed by atoms with Crippen molar-refractivity contribution in [2.45, 2.75) is 19.3 Å². The molecule has 1 amide bonds. The summed E-state index contributed by atoms with van der Waals surface area (Å²) in [5.74, 6) is 1.41. The van der Waals surface area contributed by atoms with Crippen molar-refractivity contribution < 1.29 is 14.3 Å². The molecule has 16 heavy (non-hydrogen) atoms. The average Bonchev–Trinajstić information content (AvgIpc) is 2.47. The van der Waals surface area contributed by atoms with Crippen LogP contribution in [0.3, 0.4) is 0 Å². The Bertz CT molecular complexity index is 415. The highest BCUT2D eigenvalue weighted by molar-refractivity contribution is 5.92. The summed E-state index contributed by atoms with van der Waals surface area (Å²) in [5.41, 5.74) is 1.93. The lowest BCUT2D eigenvalue weighted by molar-refractivity contribution is -0.116. The molecule has 86 valence electrons. The van der Waals surface area contributed by atoms with Gasteiger partial charge in [-0.1, -0.05) is 0 Å². The van der Waals surface area contributed by atoms with Gasteiger partial charge in [0.05, 0.1) is 14.2 Å². The van der Waals surface area contributed by atoms with E-state index in [-0.39, 0.29) is 5.91 Å². The van der Waals surface area contributed by atoms with Crippen molar-refractivity contribution in [3.63, 3.8) is 0 Å². The molecule has 1 aromatic rings. The molecule has 0 fully saturated rings. The number of anilines is 1. The second kappa shape index (κ2) is 4.43. The fourth-order valence-corrected chi connectivity index (χ4v) is 1.90. The molecule has 4 nitrogen and oxygen atoms in total. The van der Waals surface area contributed by atoms with Crippen LogP contribution in [-0.2, 0) is 11.2 Å². The third kappa shape index (κ3) is 1.96. The molecule has 1 N–H and O–H groups in total. The van der Waals surface area contributed by atoms with Crippen LogP contribution in [0.1, 0.15) is 18.4 Å². The molecule has 0 unspecified atom stereocenters. The third-order valence-corrected chi connectivity index (χ3v) is 2.73. The lowest BCUT2D eigenvalue weighted by atomic mass is 10.1. The van der Waals surface area contributed by atoms with Crippen LogP contribution < -0.4 is 14.8 Å². The van der Waals surface area contributed by atoms with Crippen LogP contribution in [0.25, 0.3) is 0 Å². The highest BCUT2D eigenvalue weighted by Crippen LogP contribution is 2.35. The van der Waals surface area contributed by atoms with Gasteiger partial charge in [0.1, 0.15) is 0 Å². The fourth-order valence-electron chi connectivity index (χ4n) is 1.90. The van der Waals surface area contributed by atoms with Crippen LogP contribution in [0, 0.1) is 0 Å². The van der Waals surface area contributed by atoms with Gasteiger partial charge in [0.15, 0.2) is 11.5 Å². The minimum Gasteiger partial charge on any atom is -0.493 e. The maximum Gasteiger partial charge on any atom is 0.224 e. The largest absolute Gasteiger partial charge is 0.493 e. The Morgan fingerprint density at radius 1 is 1.12 bits per heavy atom. The van der Waals surface area contributed by atoms with E-state index in [4.69, 9.17) is 9.47 Å². The second-order valence-corrected chi connectivity index (χ2v) is 3.77. The molecule has 0 radical (unpaired) electrons. The van der Waals surface area contributed by atoms with Gasteiger partial charge in [0.2, 0.25) is 5.91 Å². The van der Waals surface area contributed by atoms with E-state index in [0.717, 1.165) is 24.1 Å². The zero-order valence-corrected chi connectivity index (χ0v) is 9.50. The molecule has 1 aromatic carbocycles. The first kappa shape index (κ1) is 10.8. The van der Waals surface area contributed by atoms with Crippen molar-refractivity contribution in [1.29, 1.82) is 0 Å². The van der Waals surface area contributed by atoms with E-state index in [1.165, 1.54) is 0 Å². The predicted molar refractivity (Wildman–Crippen MR) is 61.1 cm³/mol. The van der Waals surface area contributed by atoms with E-state index in [9.17, 15) is 4.79 Å². The number of ether oxygens (including phenoxy) is 2. The van der Waals surface area contributed by atoms with E-state index in [1.54, 1.807) is 14.2 Å². The first-order valence-corrected chi connectivity index (χ1v) is 5.29. The van der Waals surface area contributed by atoms with Gasteiger partial charge in [-0.3, -0.25) is 4.79 Å². The SMILES string of the molecule is COc1cc2c(cc1OC)NC(=O)CCC2. The first-order valence-electron chi connectivity index (χ1n) is 5.29. The maximum absolute atomic E-state index is 11.4. The molecule has 0 bridgehead atoms. The number of nitrogens with one attached hydrogen (secondary N) is 1. The maximum atomic E-state index is 11.4. The number of carbonyl (C=O) groups excluding carboxylic acids is 1. The molecular formula is C12H15NO3. The summed E-state index contributed by atoms with van der Waals surface area (Å²) >= 11 is 0. The molecule has 0 atom stereocenters. The summed E-state index contributed by atoms with van der Waals surface area (Å²) in [6, 6.07) is 3.75. The number of rotatable bonds is 2. The molecule has 0 aliphatic carbocycles. The Kier molecular flexibility index (Phi) is 2.99. The van der Waals surface area contributed by atoms with Crippen LogP contribution >= 0.6 is 0 Å². The first-order chi connectivity index (χ1) is 7.74. The summed E-state index contributed by atoms with van der Waals surface area (Å²) in [4.78, 5) is 11.4. The van der Waals surface area contributed by atoms with E-state index in [1.807, 2.05) is 12.1 Å². The Morgan fingerprint density at radius 3 is 2.50 bits per heavy atom. The van der Waals surface area contributed by atoms with Crippen LogP contribution in [0.2, 0.25) is 0 Å². The molecule has 4 heteroatoms. The van der Waals surface area contributed by atoms with Gasteiger partial charge >= 0.3 is 0 Å². The quantitative estimate of drug-likeness (QED) is 0.830. The van der Waals surface area contributed by atoms with E-state index in [0.29, 0.717) is 17.9 Å². The summed E-state index contributed by atoms with van der Waals surface area (Å²) < 4.78 is 10.4. The van der Waals surface area contributed by atoms with Crippen LogP contribution in [0.5, 0.6) is 11.5 Å². The zero-order chi connectivity index (χ0) is 11.5. The number of carbonyl (C=O) groups is 1. The standard InChI is InChI=1S/C12H15NO3/c1-15-10-6-8-4-3-5-12(14)13-9(8)7-11(10)16-2/h6-7H,3-5H2,1-2H3,(H,13,14). The molecule has 1 heterocycles. The molecule has 0 aromatic heterocycles. The monoisotopic (exact) mass is 221 g/mol.